The Hall–Kier alpha value is -3.13. The number of nitrogens with one attached hydrogen (secondary N) is 1. The molecule has 27 heavy (non-hydrogen) atoms. The van der Waals surface area contributed by atoms with Crippen molar-refractivity contribution in [3.05, 3.63) is 59.4 Å². The molecule has 1 aliphatic heterocycles. The SMILES string of the molecule is Cc1cc(C)c2ncc(C#N)c(NC3CCN(c4ccccn4)CC3)c2c1. The number of piperidine rings is 1. The molecule has 1 N–H and O–H groups in total. The van der Waals surface area contributed by atoms with Crippen LogP contribution in [0.5, 0.6) is 0 Å². The molecule has 5 nitrogen and oxygen atoms in total. The maximum Gasteiger partial charge on any atom is 0.128 e. The predicted molar refractivity (Wildman–Crippen MR) is 109 cm³/mol. The van der Waals surface area contributed by atoms with Crippen LogP contribution in [0.25, 0.3) is 10.9 Å². The second-order valence-corrected chi connectivity index (χ2v) is 7.23. The van der Waals surface area contributed by atoms with Gasteiger partial charge >= 0.3 is 0 Å². The molecule has 136 valence electrons. The van der Waals surface area contributed by atoms with Crippen molar-refractivity contribution >= 4 is 22.4 Å². The maximum absolute atomic E-state index is 9.59. The Labute approximate surface area is 159 Å². The summed E-state index contributed by atoms with van der Waals surface area (Å²) in [7, 11) is 0. The van der Waals surface area contributed by atoms with E-state index in [1.54, 1.807) is 6.20 Å². The summed E-state index contributed by atoms with van der Waals surface area (Å²) < 4.78 is 0. The van der Waals surface area contributed by atoms with Crippen LogP contribution in [0.2, 0.25) is 0 Å². The second-order valence-electron chi connectivity index (χ2n) is 7.23. The Bertz CT molecular complexity index is 999. The monoisotopic (exact) mass is 357 g/mol. The first kappa shape index (κ1) is 17.3. The number of fused-ring (bicyclic) bond motifs is 1. The van der Waals surface area contributed by atoms with Gasteiger partial charge in [-0.3, -0.25) is 4.98 Å². The number of aromatic nitrogens is 2. The zero-order chi connectivity index (χ0) is 18.8. The fourth-order valence-electron chi connectivity index (χ4n) is 3.90. The first-order chi connectivity index (χ1) is 13.2. The van der Waals surface area contributed by atoms with Gasteiger partial charge in [0.25, 0.3) is 0 Å². The molecule has 0 atom stereocenters. The Morgan fingerprint density at radius 1 is 1.15 bits per heavy atom. The van der Waals surface area contributed by atoms with Gasteiger partial charge in [-0.2, -0.15) is 5.26 Å². The lowest BCUT2D eigenvalue weighted by Crippen LogP contribution is -2.39. The van der Waals surface area contributed by atoms with E-state index in [4.69, 9.17) is 0 Å². The lowest BCUT2D eigenvalue weighted by Gasteiger charge is -2.34. The van der Waals surface area contributed by atoms with Crippen molar-refractivity contribution in [3.8, 4) is 6.07 Å². The first-order valence-electron chi connectivity index (χ1n) is 9.38. The zero-order valence-corrected chi connectivity index (χ0v) is 15.7. The number of nitriles is 1. The van der Waals surface area contributed by atoms with E-state index in [-0.39, 0.29) is 0 Å². The molecule has 0 spiro atoms. The summed E-state index contributed by atoms with van der Waals surface area (Å²) in [6.07, 6.45) is 5.55. The largest absolute Gasteiger partial charge is 0.381 e. The highest BCUT2D eigenvalue weighted by Crippen LogP contribution is 2.31. The molecule has 0 saturated carbocycles. The summed E-state index contributed by atoms with van der Waals surface area (Å²) in [6.45, 7) is 6.07. The van der Waals surface area contributed by atoms with Crippen LogP contribution in [0.1, 0.15) is 29.5 Å². The Morgan fingerprint density at radius 3 is 2.67 bits per heavy atom. The third kappa shape index (κ3) is 3.43. The van der Waals surface area contributed by atoms with Gasteiger partial charge in [0.1, 0.15) is 11.9 Å². The van der Waals surface area contributed by atoms with Crippen LogP contribution in [0.15, 0.2) is 42.7 Å². The van der Waals surface area contributed by atoms with Gasteiger partial charge in [-0.1, -0.05) is 17.7 Å². The molecule has 4 rings (SSSR count). The summed E-state index contributed by atoms with van der Waals surface area (Å²) >= 11 is 0. The lowest BCUT2D eigenvalue weighted by atomic mass is 10.0. The standard InChI is InChI=1S/C22H23N5/c1-15-11-16(2)21-19(12-15)22(17(13-23)14-25-21)26-18-6-9-27(10-7-18)20-5-3-4-8-24-20/h3-5,8,11-12,14,18H,6-7,9-10H2,1-2H3,(H,25,26). The average Bonchev–Trinajstić information content (AvgIpc) is 2.69. The highest BCUT2D eigenvalue weighted by molar-refractivity contribution is 5.96. The summed E-state index contributed by atoms with van der Waals surface area (Å²) in [5, 5.41) is 14.3. The molecular weight excluding hydrogens is 334 g/mol. The molecule has 0 radical (unpaired) electrons. The third-order valence-electron chi connectivity index (χ3n) is 5.24. The minimum Gasteiger partial charge on any atom is -0.381 e. The predicted octanol–water partition coefficient (Wildman–Crippen LogP) is 4.20. The quantitative estimate of drug-likeness (QED) is 0.761. The van der Waals surface area contributed by atoms with Crippen LogP contribution in [0.3, 0.4) is 0 Å². The van der Waals surface area contributed by atoms with Gasteiger partial charge in [-0.05, 0) is 50.5 Å². The lowest BCUT2D eigenvalue weighted by molar-refractivity contribution is 0.524. The van der Waals surface area contributed by atoms with E-state index in [0.29, 0.717) is 11.6 Å². The van der Waals surface area contributed by atoms with E-state index in [9.17, 15) is 5.26 Å². The van der Waals surface area contributed by atoms with Crippen molar-refractivity contribution in [2.45, 2.75) is 32.7 Å². The van der Waals surface area contributed by atoms with Gasteiger partial charge in [0.2, 0.25) is 0 Å². The van der Waals surface area contributed by atoms with Crippen LogP contribution in [0, 0.1) is 25.2 Å². The molecule has 3 aromatic rings. The minimum absolute atomic E-state index is 0.337. The molecule has 0 amide bonds. The number of aryl methyl sites for hydroxylation is 2. The van der Waals surface area contributed by atoms with Crippen molar-refractivity contribution in [1.82, 2.24) is 9.97 Å². The van der Waals surface area contributed by atoms with Crippen molar-refractivity contribution in [2.24, 2.45) is 0 Å². The molecule has 1 saturated heterocycles. The van der Waals surface area contributed by atoms with Crippen LogP contribution >= 0.6 is 0 Å². The molecule has 0 bridgehead atoms. The van der Waals surface area contributed by atoms with Crippen LogP contribution in [-0.4, -0.2) is 29.1 Å². The third-order valence-corrected chi connectivity index (χ3v) is 5.24. The molecule has 2 aromatic heterocycles. The van der Waals surface area contributed by atoms with Gasteiger partial charge < -0.3 is 10.2 Å². The van der Waals surface area contributed by atoms with Gasteiger partial charge in [0, 0.05) is 36.9 Å². The molecule has 5 heteroatoms. The molecule has 1 aromatic carbocycles. The van der Waals surface area contributed by atoms with Crippen molar-refractivity contribution in [3.63, 3.8) is 0 Å². The van der Waals surface area contributed by atoms with Crippen LogP contribution in [-0.2, 0) is 0 Å². The van der Waals surface area contributed by atoms with Crippen LogP contribution in [0.4, 0.5) is 11.5 Å². The van der Waals surface area contributed by atoms with Crippen molar-refractivity contribution in [1.29, 1.82) is 5.26 Å². The number of hydrogen-bond donors (Lipinski definition) is 1. The summed E-state index contributed by atoms with van der Waals surface area (Å²) in [5.41, 5.74) is 4.82. The van der Waals surface area contributed by atoms with E-state index in [1.807, 2.05) is 18.3 Å². The molecule has 0 unspecified atom stereocenters. The molecular formula is C22H23N5. The van der Waals surface area contributed by atoms with E-state index >= 15 is 0 Å². The highest BCUT2D eigenvalue weighted by atomic mass is 15.2. The normalized spacial score (nSPS) is 14.9. The minimum atomic E-state index is 0.337. The zero-order valence-electron chi connectivity index (χ0n) is 15.7. The van der Waals surface area contributed by atoms with Gasteiger partial charge in [0.15, 0.2) is 0 Å². The fraction of sp³-hybridized carbons (Fsp3) is 0.318. The van der Waals surface area contributed by atoms with E-state index < -0.39 is 0 Å². The summed E-state index contributed by atoms with van der Waals surface area (Å²) in [5.74, 6) is 1.04. The average molecular weight is 357 g/mol. The topological polar surface area (TPSA) is 64.8 Å². The van der Waals surface area contributed by atoms with Gasteiger partial charge in [0.05, 0.1) is 16.8 Å². The van der Waals surface area contributed by atoms with E-state index in [2.05, 4.69) is 58.3 Å². The smallest absolute Gasteiger partial charge is 0.128 e. The van der Waals surface area contributed by atoms with Gasteiger partial charge in [-0.15, -0.1) is 0 Å². The highest BCUT2D eigenvalue weighted by Gasteiger charge is 2.22. The number of hydrogen-bond acceptors (Lipinski definition) is 5. The Morgan fingerprint density at radius 2 is 1.96 bits per heavy atom. The second kappa shape index (κ2) is 7.24. The molecule has 0 aliphatic carbocycles. The number of benzene rings is 1. The van der Waals surface area contributed by atoms with E-state index in [0.717, 1.165) is 53.9 Å². The summed E-state index contributed by atoms with van der Waals surface area (Å²) in [6, 6.07) is 12.9. The Kier molecular flexibility index (Phi) is 4.64. The van der Waals surface area contributed by atoms with Gasteiger partial charge in [-0.25, -0.2) is 4.98 Å². The van der Waals surface area contributed by atoms with Crippen molar-refractivity contribution < 1.29 is 0 Å². The fourth-order valence-corrected chi connectivity index (χ4v) is 3.90. The number of pyridine rings is 2. The maximum atomic E-state index is 9.59. The number of nitrogens with zero attached hydrogens (tertiary/aromatic N) is 4. The van der Waals surface area contributed by atoms with E-state index in [1.165, 1.54) is 5.56 Å². The molecule has 1 aliphatic rings. The molecule has 3 heterocycles. The summed E-state index contributed by atoms with van der Waals surface area (Å²) in [4.78, 5) is 11.3. The van der Waals surface area contributed by atoms with Crippen LogP contribution < -0.4 is 10.2 Å². The number of anilines is 2. The Balaban J connectivity index is 1.58. The van der Waals surface area contributed by atoms with Crippen molar-refractivity contribution in [2.75, 3.05) is 23.3 Å². The first-order valence-corrected chi connectivity index (χ1v) is 9.38. The molecule has 1 fully saturated rings. The number of rotatable bonds is 3.